The van der Waals surface area contributed by atoms with Gasteiger partial charge in [0.25, 0.3) is 0 Å². The van der Waals surface area contributed by atoms with Gasteiger partial charge in [-0.25, -0.2) is 4.98 Å². The first-order valence-electron chi connectivity index (χ1n) is 10.1. The number of carbonyl (C=O) groups is 1. The van der Waals surface area contributed by atoms with Crippen LogP contribution in [0.15, 0.2) is 36.4 Å². The molecule has 0 aliphatic carbocycles. The molecule has 1 unspecified atom stereocenters. The molecule has 1 fully saturated rings. The van der Waals surface area contributed by atoms with E-state index in [9.17, 15) is 4.79 Å². The average molecular weight is 427 g/mol. The monoisotopic (exact) mass is 426 g/mol. The van der Waals surface area contributed by atoms with Crippen LogP contribution in [0.1, 0.15) is 35.9 Å². The molecule has 2 heterocycles. The number of rotatable bonds is 7. The summed E-state index contributed by atoms with van der Waals surface area (Å²) < 4.78 is 17.4. The van der Waals surface area contributed by atoms with Crippen LogP contribution in [0, 0.1) is 0 Å². The van der Waals surface area contributed by atoms with Gasteiger partial charge in [0.15, 0.2) is 11.5 Å². The molecule has 1 aromatic heterocycles. The molecule has 6 nitrogen and oxygen atoms in total. The summed E-state index contributed by atoms with van der Waals surface area (Å²) in [4.78, 5) is 19.8. The molecule has 158 valence electrons. The van der Waals surface area contributed by atoms with Gasteiger partial charge in [0.2, 0.25) is 11.7 Å². The van der Waals surface area contributed by atoms with Crippen molar-refractivity contribution < 1.29 is 19.0 Å². The van der Waals surface area contributed by atoms with E-state index < -0.39 is 0 Å². The third kappa shape index (κ3) is 3.94. The van der Waals surface area contributed by atoms with Gasteiger partial charge in [-0.15, -0.1) is 11.3 Å². The van der Waals surface area contributed by atoms with E-state index in [0.29, 0.717) is 30.1 Å². The minimum Gasteiger partial charge on any atom is -0.493 e. The maximum Gasteiger partial charge on any atom is 0.223 e. The van der Waals surface area contributed by atoms with Crippen molar-refractivity contribution in [3.63, 3.8) is 0 Å². The number of amides is 1. The van der Waals surface area contributed by atoms with Crippen molar-refractivity contribution >= 4 is 27.5 Å². The Morgan fingerprint density at radius 1 is 1.13 bits per heavy atom. The number of hydrogen-bond donors (Lipinski definition) is 0. The number of nitrogens with zero attached hydrogens (tertiary/aromatic N) is 2. The summed E-state index contributed by atoms with van der Waals surface area (Å²) in [5.74, 6) is 1.93. The van der Waals surface area contributed by atoms with Crippen LogP contribution in [0.4, 0.5) is 0 Å². The SMILES string of the molecule is COc1cc(CCC(=O)N2CCCC2c2nc3ccccc3s2)cc(OC)c1OC. The summed E-state index contributed by atoms with van der Waals surface area (Å²) >= 11 is 1.69. The van der Waals surface area contributed by atoms with Crippen molar-refractivity contribution in [1.82, 2.24) is 9.88 Å². The molecule has 3 aromatic rings. The molecule has 1 amide bonds. The molecule has 0 radical (unpaired) electrons. The first-order valence-corrected chi connectivity index (χ1v) is 10.9. The zero-order chi connectivity index (χ0) is 21.1. The van der Waals surface area contributed by atoms with Crippen LogP contribution < -0.4 is 14.2 Å². The Morgan fingerprint density at radius 3 is 2.53 bits per heavy atom. The highest BCUT2D eigenvalue weighted by Crippen LogP contribution is 2.39. The van der Waals surface area contributed by atoms with Crippen molar-refractivity contribution in [3.8, 4) is 17.2 Å². The van der Waals surface area contributed by atoms with Crippen LogP contribution in [-0.2, 0) is 11.2 Å². The fourth-order valence-electron chi connectivity index (χ4n) is 4.03. The van der Waals surface area contributed by atoms with Crippen LogP contribution in [-0.4, -0.2) is 43.7 Å². The Labute approximate surface area is 180 Å². The maximum atomic E-state index is 13.1. The molecule has 2 aromatic carbocycles. The zero-order valence-corrected chi connectivity index (χ0v) is 18.3. The fraction of sp³-hybridized carbons (Fsp3) is 0.391. The highest BCUT2D eigenvalue weighted by molar-refractivity contribution is 7.18. The molecule has 0 spiro atoms. The van der Waals surface area contributed by atoms with Gasteiger partial charge in [-0.1, -0.05) is 12.1 Å². The van der Waals surface area contributed by atoms with Crippen LogP contribution in [0.25, 0.3) is 10.2 Å². The van der Waals surface area contributed by atoms with E-state index in [1.807, 2.05) is 35.2 Å². The minimum atomic E-state index is 0.0786. The van der Waals surface area contributed by atoms with Crippen molar-refractivity contribution in [1.29, 1.82) is 0 Å². The highest BCUT2D eigenvalue weighted by atomic mass is 32.1. The normalized spacial score (nSPS) is 16.1. The number of hydrogen-bond acceptors (Lipinski definition) is 6. The summed E-state index contributed by atoms with van der Waals surface area (Å²) in [6, 6.07) is 12.0. The molecule has 0 N–H and O–H groups in total. The van der Waals surface area contributed by atoms with Gasteiger partial charge in [0.05, 0.1) is 37.6 Å². The Balaban J connectivity index is 1.48. The first-order chi connectivity index (χ1) is 14.6. The summed E-state index contributed by atoms with van der Waals surface area (Å²) in [5.41, 5.74) is 1.99. The largest absolute Gasteiger partial charge is 0.493 e. The Hall–Kier alpha value is -2.80. The number of para-hydroxylation sites is 1. The second-order valence-electron chi connectivity index (χ2n) is 7.30. The van der Waals surface area contributed by atoms with E-state index in [1.54, 1.807) is 32.7 Å². The minimum absolute atomic E-state index is 0.0786. The molecule has 1 atom stereocenters. The van der Waals surface area contributed by atoms with Gasteiger partial charge in [-0.2, -0.15) is 0 Å². The van der Waals surface area contributed by atoms with Gasteiger partial charge in [-0.05, 0) is 49.1 Å². The van der Waals surface area contributed by atoms with E-state index >= 15 is 0 Å². The number of benzene rings is 2. The predicted octanol–water partition coefficient (Wildman–Crippen LogP) is 4.62. The molecule has 0 saturated carbocycles. The van der Waals surface area contributed by atoms with Crippen molar-refractivity contribution in [2.75, 3.05) is 27.9 Å². The van der Waals surface area contributed by atoms with Gasteiger partial charge in [-0.3, -0.25) is 4.79 Å². The maximum absolute atomic E-state index is 13.1. The van der Waals surface area contributed by atoms with Crippen molar-refractivity contribution in [3.05, 3.63) is 47.0 Å². The Bertz CT molecular complexity index is 991. The molecular formula is C23H26N2O4S. The van der Waals surface area contributed by atoms with Crippen LogP contribution in [0.5, 0.6) is 17.2 Å². The number of aromatic nitrogens is 1. The number of carbonyl (C=O) groups excluding carboxylic acids is 1. The van der Waals surface area contributed by atoms with E-state index in [1.165, 1.54) is 4.70 Å². The quantitative estimate of drug-likeness (QED) is 0.552. The third-order valence-corrected chi connectivity index (χ3v) is 6.66. The summed E-state index contributed by atoms with van der Waals surface area (Å²) in [6.07, 6.45) is 3.02. The van der Waals surface area contributed by atoms with Crippen LogP contribution in [0.3, 0.4) is 0 Å². The number of thiazole rings is 1. The lowest BCUT2D eigenvalue weighted by Crippen LogP contribution is -2.30. The second-order valence-corrected chi connectivity index (χ2v) is 8.36. The standard InChI is InChI=1S/C23H26N2O4S/c1-27-18-13-15(14-19(28-2)22(18)29-3)10-11-21(26)25-12-6-8-17(25)23-24-16-7-4-5-9-20(16)30-23/h4-5,7,9,13-14,17H,6,8,10-12H2,1-3H3. The third-order valence-electron chi connectivity index (χ3n) is 5.52. The topological polar surface area (TPSA) is 60.9 Å². The van der Waals surface area contributed by atoms with Crippen LogP contribution >= 0.6 is 11.3 Å². The number of likely N-dealkylation sites (tertiary alicyclic amines) is 1. The number of methoxy groups -OCH3 is 3. The highest BCUT2D eigenvalue weighted by Gasteiger charge is 2.32. The fourth-order valence-corrected chi connectivity index (χ4v) is 5.14. The van der Waals surface area contributed by atoms with E-state index in [4.69, 9.17) is 19.2 Å². The van der Waals surface area contributed by atoms with E-state index in [0.717, 1.165) is 35.5 Å². The molecule has 1 saturated heterocycles. The predicted molar refractivity (Wildman–Crippen MR) is 118 cm³/mol. The van der Waals surface area contributed by atoms with Crippen molar-refractivity contribution in [2.45, 2.75) is 31.7 Å². The smallest absolute Gasteiger partial charge is 0.223 e. The van der Waals surface area contributed by atoms with Crippen LogP contribution in [0.2, 0.25) is 0 Å². The van der Waals surface area contributed by atoms with E-state index in [2.05, 4.69) is 6.07 Å². The van der Waals surface area contributed by atoms with Gasteiger partial charge >= 0.3 is 0 Å². The number of aryl methyl sites for hydroxylation is 1. The Kier molecular flexibility index (Phi) is 6.08. The molecular weight excluding hydrogens is 400 g/mol. The summed E-state index contributed by atoms with van der Waals surface area (Å²) in [5, 5.41) is 1.04. The Morgan fingerprint density at radius 2 is 1.87 bits per heavy atom. The van der Waals surface area contributed by atoms with Gasteiger partial charge in [0, 0.05) is 13.0 Å². The molecule has 0 bridgehead atoms. The van der Waals surface area contributed by atoms with E-state index in [-0.39, 0.29) is 11.9 Å². The molecule has 30 heavy (non-hydrogen) atoms. The molecule has 1 aliphatic rings. The second kappa shape index (κ2) is 8.92. The lowest BCUT2D eigenvalue weighted by molar-refractivity contribution is -0.132. The average Bonchev–Trinajstić information content (AvgIpc) is 3.43. The molecule has 1 aliphatic heterocycles. The lowest BCUT2D eigenvalue weighted by atomic mass is 10.1. The van der Waals surface area contributed by atoms with Gasteiger partial charge < -0.3 is 19.1 Å². The first kappa shape index (κ1) is 20.5. The lowest BCUT2D eigenvalue weighted by Gasteiger charge is -2.23. The number of ether oxygens (including phenoxy) is 3. The van der Waals surface area contributed by atoms with Gasteiger partial charge in [0.1, 0.15) is 5.01 Å². The number of fused-ring (bicyclic) bond motifs is 1. The summed E-state index contributed by atoms with van der Waals surface area (Å²) in [6.45, 7) is 0.786. The van der Waals surface area contributed by atoms with Crippen molar-refractivity contribution in [2.24, 2.45) is 0 Å². The molecule has 4 rings (SSSR count). The molecule has 7 heteroatoms. The zero-order valence-electron chi connectivity index (χ0n) is 17.5. The summed E-state index contributed by atoms with van der Waals surface area (Å²) in [7, 11) is 4.78.